The Kier molecular flexibility index (Phi) is 8.42. The maximum absolute atomic E-state index is 11.9. The van der Waals surface area contributed by atoms with E-state index in [1.807, 2.05) is 38.1 Å². The number of rotatable bonds is 8. The summed E-state index contributed by atoms with van der Waals surface area (Å²) >= 11 is 19.8. The van der Waals surface area contributed by atoms with Gasteiger partial charge >= 0.3 is 0 Å². The molecule has 0 saturated heterocycles. The Bertz CT molecular complexity index is 760. The summed E-state index contributed by atoms with van der Waals surface area (Å²) in [6.45, 7) is 4.36. The van der Waals surface area contributed by atoms with Gasteiger partial charge in [0.2, 0.25) is 0 Å². The first kappa shape index (κ1) is 21.2. The highest BCUT2D eigenvalue weighted by molar-refractivity contribution is 7.98. The number of hydrogen-bond donors (Lipinski definition) is 1. The summed E-state index contributed by atoms with van der Waals surface area (Å²) in [5, 5.41) is 4.85. The lowest BCUT2D eigenvalue weighted by molar-refractivity contribution is -0.122. The molecular formula is C19H20Cl3NO2S. The molecule has 0 aliphatic carbocycles. The number of benzene rings is 2. The predicted molar refractivity (Wildman–Crippen MR) is 112 cm³/mol. The molecule has 2 aromatic rings. The molecule has 0 saturated carbocycles. The molecule has 0 aliphatic heterocycles. The number of aryl methyl sites for hydroxylation is 2. The number of amides is 1. The second-order valence-electron chi connectivity index (χ2n) is 5.80. The van der Waals surface area contributed by atoms with E-state index in [-0.39, 0.29) is 12.5 Å². The van der Waals surface area contributed by atoms with Crippen LogP contribution in [0.2, 0.25) is 15.1 Å². The largest absolute Gasteiger partial charge is 0.484 e. The summed E-state index contributed by atoms with van der Waals surface area (Å²) in [4.78, 5) is 11.9. The summed E-state index contributed by atoms with van der Waals surface area (Å²) < 4.78 is 5.53. The molecule has 1 amide bonds. The first-order valence-corrected chi connectivity index (χ1v) is 10.3. The van der Waals surface area contributed by atoms with Crippen molar-refractivity contribution >= 4 is 52.5 Å². The van der Waals surface area contributed by atoms with E-state index in [1.165, 1.54) is 0 Å². The van der Waals surface area contributed by atoms with Gasteiger partial charge in [-0.2, -0.15) is 11.8 Å². The lowest BCUT2D eigenvalue weighted by Gasteiger charge is -2.10. The molecular weight excluding hydrogens is 413 g/mol. The third-order valence-electron chi connectivity index (χ3n) is 3.62. The molecule has 1 N–H and O–H groups in total. The van der Waals surface area contributed by atoms with Crippen LogP contribution >= 0.6 is 46.6 Å². The number of halogens is 3. The average Bonchev–Trinajstić information content (AvgIpc) is 2.59. The highest BCUT2D eigenvalue weighted by atomic mass is 35.5. The zero-order valence-electron chi connectivity index (χ0n) is 14.6. The van der Waals surface area contributed by atoms with Crippen LogP contribution in [0.15, 0.2) is 30.3 Å². The van der Waals surface area contributed by atoms with Crippen LogP contribution in [0.1, 0.15) is 16.7 Å². The number of hydrogen-bond acceptors (Lipinski definition) is 3. The van der Waals surface area contributed by atoms with Gasteiger partial charge in [0.25, 0.3) is 5.91 Å². The van der Waals surface area contributed by atoms with Gasteiger partial charge in [0.05, 0.1) is 0 Å². The molecule has 0 aromatic heterocycles. The van der Waals surface area contributed by atoms with Crippen molar-refractivity contribution in [3.05, 3.63) is 62.1 Å². The third-order valence-corrected chi connectivity index (χ3v) is 5.81. The predicted octanol–water partition coefficient (Wildman–Crippen LogP) is 5.69. The summed E-state index contributed by atoms with van der Waals surface area (Å²) in [6.07, 6.45) is 0. The van der Waals surface area contributed by atoms with Crippen LogP contribution in [0.25, 0.3) is 0 Å². The standard InChI is InChI=1S/C19H20Cl3NO2S/c1-12-7-16(8-13(2)19(12)22)25-10-18(24)23-5-6-26-11-14-3-4-15(20)9-17(14)21/h3-4,7-9H,5-6,10-11H2,1-2H3,(H,23,24). The second-order valence-corrected chi connectivity index (χ2v) is 8.12. The molecule has 0 radical (unpaired) electrons. The van der Waals surface area contributed by atoms with E-state index >= 15 is 0 Å². The van der Waals surface area contributed by atoms with Gasteiger partial charge < -0.3 is 10.1 Å². The molecule has 0 atom stereocenters. The van der Waals surface area contributed by atoms with Gasteiger partial charge in [-0.25, -0.2) is 0 Å². The minimum absolute atomic E-state index is 0.0197. The molecule has 7 heteroatoms. The number of nitrogens with one attached hydrogen (secondary N) is 1. The van der Waals surface area contributed by atoms with Crippen molar-refractivity contribution in [2.75, 3.05) is 18.9 Å². The molecule has 0 unspecified atom stereocenters. The Morgan fingerprint density at radius 2 is 1.81 bits per heavy atom. The molecule has 3 nitrogen and oxygen atoms in total. The van der Waals surface area contributed by atoms with Crippen LogP contribution in [0.3, 0.4) is 0 Å². The zero-order valence-corrected chi connectivity index (χ0v) is 17.7. The van der Waals surface area contributed by atoms with Crippen molar-refractivity contribution in [3.63, 3.8) is 0 Å². The molecule has 0 bridgehead atoms. The number of carbonyl (C=O) groups is 1. The van der Waals surface area contributed by atoms with Gasteiger partial charge in [0.1, 0.15) is 5.75 Å². The van der Waals surface area contributed by atoms with E-state index in [4.69, 9.17) is 39.5 Å². The first-order valence-electron chi connectivity index (χ1n) is 8.04. The number of carbonyl (C=O) groups excluding carboxylic acids is 1. The molecule has 2 rings (SSSR count). The van der Waals surface area contributed by atoms with E-state index in [0.717, 1.165) is 33.2 Å². The van der Waals surface area contributed by atoms with Gasteiger partial charge in [-0.3, -0.25) is 4.79 Å². The minimum Gasteiger partial charge on any atom is -0.484 e. The molecule has 0 heterocycles. The van der Waals surface area contributed by atoms with Crippen LogP contribution in [0.5, 0.6) is 5.75 Å². The lowest BCUT2D eigenvalue weighted by Crippen LogP contribution is -2.30. The van der Waals surface area contributed by atoms with Crippen molar-refractivity contribution in [1.82, 2.24) is 5.32 Å². The molecule has 140 valence electrons. The van der Waals surface area contributed by atoms with Crippen molar-refractivity contribution in [2.24, 2.45) is 0 Å². The topological polar surface area (TPSA) is 38.3 Å². The van der Waals surface area contributed by atoms with Gasteiger partial charge in [0.15, 0.2) is 6.61 Å². The molecule has 0 aliphatic rings. The van der Waals surface area contributed by atoms with Crippen LogP contribution in [0, 0.1) is 13.8 Å². The number of ether oxygens (including phenoxy) is 1. The van der Waals surface area contributed by atoms with Gasteiger partial charge in [0, 0.05) is 33.1 Å². The van der Waals surface area contributed by atoms with Gasteiger partial charge in [-0.15, -0.1) is 0 Å². The van der Waals surface area contributed by atoms with E-state index in [0.29, 0.717) is 22.3 Å². The Labute approximate surface area is 173 Å². The highest BCUT2D eigenvalue weighted by Crippen LogP contribution is 2.26. The van der Waals surface area contributed by atoms with E-state index in [1.54, 1.807) is 17.8 Å². The normalized spacial score (nSPS) is 10.7. The molecule has 2 aromatic carbocycles. The Morgan fingerprint density at radius 1 is 1.12 bits per heavy atom. The fourth-order valence-corrected chi connectivity index (χ4v) is 3.80. The van der Waals surface area contributed by atoms with Crippen LogP contribution in [0.4, 0.5) is 0 Å². The molecule has 26 heavy (non-hydrogen) atoms. The van der Waals surface area contributed by atoms with Crippen LogP contribution < -0.4 is 10.1 Å². The van der Waals surface area contributed by atoms with Crippen LogP contribution in [-0.2, 0) is 10.5 Å². The first-order chi connectivity index (χ1) is 12.4. The summed E-state index contributed by atoms with van der Waals surface area (Å²) in [5.74, 6) is 2.04. The van der Waals surface area contributed by atoms with Crippen molar-refractivity contribution < 1.29 is 9.53 Å². The Balaban J connectivity index is 1.66. The fraction of sp³-hybridized carbons (Fsp3) is 0.316. The van der Waals surface area contributed by atoms with E-state index < -0.39 is 0 Å². The summed E-state index contributed by atoms with van der Waals surface area (Å²) in [6, 6.07) is 9.13. The quantitative estimate of drug-likeness (QED) is 0.544. The Morgan fingerprint density at radius 3 is 2.46 bits per heavy atom. The summed E-state index contributed by atoms with van der Waals surface area (Å²) in [5.41, 5.74) is 2.89. The lowest BCUT2D eigenvalue weighted by atomic mass is 10.1. The van der Waals surface area contributed by atoms with Crippen molar-refractivity contribution in [2.45, 2.75) is 19.6 Å². The van der Waals surface area contributed by atoms with Crippen molar-refractivity contribution in [1.29, 1.82) is 0 Å². The minimum atomic E-state index is -0.152. The van der Waals surface area contributed by atoms with Crippen LogP contribution in [-0.4, -0.2) is 24.8 Å². The smallest absolute Gasteiger partial charge is 0.257 e. The zero-order chi connectivity index (χ0) is 19.1. The van der Waals surface area contributed by atoms with Crippen molar-refractivity contribution in [3.8, 4) is 5.75 Å². The molecule has 0 fully saturated rings. The summed E-state index contributed by atoms with van der Waals surface area (Å²) in [7, 11) is 0. The second kappa shape index (κ2) is 10.3. The van der Waals surface area contributed by atoms with Gasteiger partial charge in [-0.05, 0) is 54.8 Å². The number of thioether (sulfide) groups is 1. The third kappa shape index (κ3) is 6.58. The van der Waals surface area contributed by atoms with E-state index in [2.05, 4.69) is 5.32 Å². The Hall–Kier alpha value is -1.07. The maximum Gasteiger partial charge on any atom is 0.257 e. The highest BCUT2D eigenvalue weighted by Gasteiger charge is 2.07. The fourth-order valence-electron chi connectivity index (χ4n) is 2.27. The van der Waals surface area contributed by atoms with Gasteiger partial charge in [-0.1, -0.05) is 40.9 Å². The SMILES string of the molecule is Cc1cc(OCC(=O)NCCSCc2ccc(Cl)cc2Cl)cc(C)c1Cl. The monoisotopic (exact) mass is 431 g/mol. The molecule has 0 spiro atoms. The average molecular weight is 433 g/mol. The van der Waals surface area contributed by atoms with E-state index in [9.17, 15) is 4.79 Å². The maximum atomic E-state index is 11.9.